The zero-order valence-corrected chi connectivity index (χ0v) is 17.8. The number of halogens is 2. The van der Waals surface area contributed by atoms with Crippen molar-refractivity contribution in [1.82, 2.24) is 9.97 Å². The van der Waals surface area contributed by atoms with E-state index in [1.165, 1.54) is 11.3 Å². The second-order valence-electron chi connectivity index (χ2n) is 6.26. The smallest absolute Gasteiger partial charge is 0.232 e. The number of thiazole rings is 1. The number of benzene rings is 1. The molecule has 1 N–H and O–H groups in total. The van der Waals surface area contributed by atoms with Crippen LogP contribution in [-0.4, -0.2) is 47.5 Å². The normalized spacial score (nSPS) is 14.4. The van der Waals surface area contributed by atoms with E-state index in [0.29, 0.717) is 19.9 Å². The van der Waals surface area contributed by atoms with Crippen molar-refractivity contribution in [3.8, 4) is 16.3 Å². The van der Waals surface area contributed by atoms with Gasteiger partial charge in [-0.2, -0.15) is 4.98 Å². The second-order valence-corrected chi connectivity index (χ2v) is 8.44. The van der Waals surface area contributed by atoms with E-state index in [0.717, 1.165) is 49.0 Å². The molecule has 0 aliphatic carbocycles. The summed E-state index contributed by atoms with van der Waals surface area (Å²) in [6.07, 6.45) is 2.53. The van der Waals surface area contributed by atoms with Crippen LogP contribution in [0.1, 0.15) is 10.4 Å². The molecule has 3 heterocycles. The molecule has 9 heteroatoms. The second kappa shape index (κ2) is 8.06. The highest BCUT2D eigenvalue weighted by molar-refractivity contribution is 9.10. The highest BCUT2D eigenvalue weighted by Gasteiger charge is 2.24. The van der Waals surface area contributed by atoms with Crippen LogP contribution >= 0.6 is 38.9 Å². The van der Waals surface area contributed by atoms with Crippen LogP contribution in [0, 0.1) is 0 Å². The van der Waals surface area contributed by atoms with Crippen LogP contribution in [0.15, 0.2) is 41.0 Å². The van der Waals surface area contributed by atoms with Crippen molar-refractivity contribution in [2.45, 2.75) is 0 Å². The molecule has 0 atom stereocenters. The number of aromatic hydroxyl groups is 1. The van der Waals surface area contributed by atoms with Crippen molar-refractivity contribution in [3.63, 3.8) is 0 Å². The van der Waals surface area contributed by atoms with Gasteiger partial charge in [-0.25, -0.2) is 4.98 Å². The van der Waals surface area contributed by atoms with Crippen molar-refractivity contribution in [1.29, 1.82) is 0 Å². The third kappa shape index (κ3) is 3.59. The lowest BCUT2D eigenvalue weighted by molar-refractivity contribution is 0.112. The Morgan fingerprint density at radius 2 is 1.89 bits per heavy atom. The fourth-order valence-electron chi connectivity index (χ4n) is 3.15. The number of aldehydes is 1. The molecule has 2 aromatic heterocycles. The molecule has 0 unspecified atom stereocenters. The van der Waals surface area contributed by atoms with E-state index in [9.17, 15) is 9.90 Å². The van der Waals surface area contributed by atoms with Crippen molar-refractivity contribution >= 4 is 56.1 Å². The fraction of sp³-hybridized carbons (Fsp3) is 0.211. The summed E-state index contributed by atoms with van der Waals surface area (Å²) in [5.74, 6) is 0.764. The van der Waals surface area contributed by atoms with Crippen LogP contribution < -0.4 is 9.80 Å². The summed E-state index contributed by atoms with van der Waals surface area (Å²) < 4.78 is 0.658. The topological polar surface area (TPSA) is 69.6 Å². The molecule has 1 aliphatic rings. The van der Waals surface area contributed by atoms with Crippen LogP contribution in [0.25, 0.3) is 10.4 Å². The van der Waals surface area contributed by atoms with Gasteiger partial charge in [0.15, 0.2) is 11.4 Å². The first-order chi connectivity index (χ1) is 13.6. The Morgan fingerprint density at radius 1 is 1.14 bits per heavy atom. The summed E-state index contributed by atoms with van der Waals surface area (Å²) in [7, 11) is 0. The number of hydrogen-bond donors (Lipinski definition) is 1. The Balaban J connectivity index is 1.54. The van der Waals surface area contributed by atoms with Crippen LogP contribution in [-0.2, 0) is 0 Å². The lowest BCUT2D eigenvalue weighted by atomic mass is 10.1. The molecule has 1 aromatic carbocycles. The Bertz CT molecular complexity index is 1020. The van der Waals surface area contributed by atoms with E-state index in [4.69, 9.17) is 11.6 Å². The van der Waals surface area contributed by atoms with Crippen molar-refractivity contribution in [2.75, 3.05) is 36.0 Å². The summed E-state index contributed by atoms with van der Waals surface area (Å²) in [5.41, 5.74) is 1.29. The molecular weight excluding hydrogens is 464 g/mol. The molecular formula is C19H16BrClN4O2S. The third-order valence-corrected chi connectivity index (χ3v) is 6.91. The average Bonchev–Trinajstić information content (AvgIpc) is 3.10. The van der Waals surface area contributed by atoms with E-state index in [1.54, 1.807) is 18.3 Å². The van der Waals surface area contributed by atoms with Crippen LogP contribution in [0.5, 0.6) is 5.88 Å². The van der Waals surface area contributed by atoms with Gasteiger partial charge in [0.1, 0.15) is 10.7 Å². The fourth-order valence-corrected chi connectivity index (χ4v) is 5.12. The first kappa shape index (κ1) is 19.2. The van der Waals surface area contributed by atoms with E-state index >= 15 is 0 Å². The third-order valence-electron chi connectivity index (χ3n) is 4.59. The van der Waals surface area contributed by atoms with Gasteiger partial charge in [0.05, 0.1) is 5.02 Å². The highest BCUT2D eigenvalue weighted by atomic mass is 79.9. The molecule has 0 amide bonds. The zero-order chi connectivity index (χ0) is 19.7. The number of piperazine rings is 1. The Morgan fingerprint density at radius 3 is 2.61 bits per heavy atom. The number of hydrogen-bond acceptors (Lipinski definition) is 7. The molecule has 144 valence electrons. The summed E-state index contributed by atoms with van der Waals surface area (Å²) in [4.78, 5) is 24.8. The lowest BCUT2D eigenvalue weighted by Gasteiger charge is -2.35. The van der Waals surface area contributed by atoms with Crippen molar-refractivity contribution in [3.05, 3.63) is 51.6 Å². The Hall–Kier alpha value is -2.16. The molecule has 0 bridgehead atoms. The number of nitrogens with zero attached hydrogens (tertiary/aromatic N) is 4. The van der Waals surface area contributed by atoms with Gasteiger partial charge in [-0.1, -0.05) is 41.1 Å². The average molecular weight is 480 g/mol. The molecule has 1 saturated heterocycles. The lowest BCUT2D eigenvalue weighted by Crippen LogP contribution is -2.46. The Kier molecular flexibility index (Phi) is 5.52. The predicted octanol–water partition coefficient (Wildman–Crippen LogP) is 4.47. The van der Waals surface area contributed by atoms with E-state index < -0.39 is 0 Å². The van der Waals surface area contributed by atoms with Gasteiger partial charge in [0.25, 0.3) is 0 Å². The van der Waals surface area contributed by atoms with Gasteiger partial charge in [-0.05, 0) is 28.1 Å². The zero-order valence-electron chi connectivity index (χ0n) is 14.7. The van der Waals surface area contributed by atoms with Gasteiger partial charge in [-0.15, -0.1) is 0 Å². The summed E-state index contributed by atoms with van der Waals surface area (Å²) >= 11 is 11.1. The molecule has 0 saturated carbocycles. The van der Waals surface area contributed by atoms with Gasteiger partial charge in [0.2, 0.25) is 5.88 Å². The summed E-state index contributed by atoms with van der Waals surface area (Å²) in [6, 6.07) is 9.03. The molecule has 1 fully saturated rings. The van der Waals surface area contributed by atoms with E-state index in [1.807, 2.05) is 18.2 Å². The van der Waals surface area contributed by atoms with Gasteiger partial charge in [0, 0.05) is 48.0 Å². The first-order valence-electron chi connectivity index (χ1n) is 8.62. The maximum atomic E-state index is 11.2. The van der Waals surface area contributed by atoms with Crippen LogP contribution in [0.4, 0.5) is 10.9 Å². The Labute approximate surface area is 179 Å². The number of aromatic nitrogens is 2. The number of carbonyl (C=O) groups is 1. The van der Waals surface area contributed by atoms with Crippen molar-refractivity contribution < 1.29 is 9.90 Å². The minimum Gasteiger partial charge on any atom is -0.492 e. The largest absolute Gasteiger partial charge is 0.492 e. The van der Waals surface area contributed by atoms with E-state index in [-0.39, 0.29) is 5.88 Å². The van der Waals surface area contributed by atoms with Crippen LogP contribution in [0.3, 0.4) is 0 Å². The molecule has 3 aromatic rings. The minimum atomic E-state index is -0.0288. The molecule has 6 nitrogen and oxygen atoms in total. The molecule has 4 rings (SSSR count). The number of rotatable bonds is 4. The number of anilines is 2. The van der Waals surface area contributed by atoms with Gasteiger partial charge < -0.3 is 14.9 Å². The molecule has 0 radical (unpaired) electrons. The number of carbonyl (C=O) groups excluding carboxylic acids is 1. The van der Waals surface area contributed by atoms with Crippen molar-refractivity contribution in [2.24, 2.45) is 0 Å². The predicted molar refractivity (Wildman–Crippen MR) is 116 cm³/mol. The summed E-state index contributed by atoms with van der Waals surface area (Å²) in [6.45, 7) is 3.01. The standard InChI is InChI=1S/C19H16BrClN4O2S/c20-15-12(11-26)3-1-4-13(15)16-18(27)23-19(28-16)25-9-7-24(8-10-25)17-14(21)5-2-6-22-17/h1-6,11,27H,7-10H2. The highest BCUT2D eigenvalue weighted by Crippen LogP contribution is 2.42. The molecule has 0 spiro atoms. The molecule has 1 aliphatic heterocycles. The maximum Gasteiger partial charge on any atom is 0.232 e. The van der Waals surface area contributed by atoms with Gasteiger partial charge in [-0.3, -0.25) is 4.79 Å². The first-order valence-corrected chi connectivity index (χ1v) is 10.6. The minimum absolute atomic E-state index is 0.0288. The monoisotopic (exact) mass is 478 g/mol. The number of pyridine rings is 1. The molecule has 28 heavy (non-hydrogen) atoms. The van der Waals surface area contributed by atoms with Gasteiger partial charge >= 0.3 is 0 Å². The van der Waals surface area contributed by atoms with E-state index in [2.05, 4.69) is 35.7 Å². The SMILES string of the molecule is O=Cc1cccc(-c2sc(N3CCN(c4ncccc4Cl)CC3)nc2O)c1Br. The quantitative estimate of drug-likeness (QED) is 0.557. The summed E-state index contributed by atoms with van der Waals surface area (Å²) in [5, 5.41) is 11.8. The maximum absolute atomic E-state index is 11.2. The van der Waals surface area contributed by atoms with Crippen LogP contribution in [0.2, 0.25) is 5.02 Å².